The molecule has 1 atom stereocenters. The van der Waals surface area contributed by atoms with Gasteiger partial charge in [0.2, 0.25) is 0 Å². The first kappa shape index (κ1) is 13.5. The zero-order valence-electron chi connectivity index (χ0n) is 9.79. The van der Waals surface area contributed by atoms with Crippen LogP contribution in [0.5, 0.6) is 0 Å². The van der Waals surface area contributed by atoms with E-state index in [9.17, 15) is 17.6 Å². The zero-order chi connectivity index (χ0) is 14.0. The maximum atomic E-state index is 13.9. The van der Waals surface area contributed by atoms with Crippen LogP contribution >= 0.6 is 0 Å². The summed E-state index contributed by atoms with van der Waals surface area (Å²) in [6, 6.07) is 10.6. The third-order valence-corrected chi connectivity index (χ3v) is 2.83. The molecule has 19 heavy (non-hydrogen) atoms. The van der Waals surface area contributed by atoms with Gasteiger partial charge in [0.05, 0.1) is 11.6 Å². The standard InChI is InChI=1S/C14H11F4N/c15-12-10(7-4-8-11(12)14(16,17)18)13(19)9-5-2-1-3-6-9/h1-8,13H,19H2/t13-/m1/s1. The Labute approximate surface area is 107 Å². The van der Waals surface area contributed by atoms with Gasteiger partial charge >= 0.3 is 6.18 Å². The lowest BCUT2D eigenvalue weighted by Crippen LogP contribution is -2.17. The Morgan fingerprint density at radius 3 is 2.11 bits per heavy atom. The number of hydrogen-bond acceptors (Lipinski definition) is 1. The second-order valence-corrected chi connectivity index (χ2v) is 4.09. The fourth-order valence-electron chi connectivity index (χ4n) is 1.85. The number of hydrogen-bond donors (Lipinski definition) is 1. The monoisotopic (exact) mass is 269 g/mol. The summed E-state index contributed by atoms with van der Waals surface area (Å²) in [7, 11) is 0. The fourth-order valence-corrected chi connectivity index (χ4v) is 1.85. The van der Waals surface area contributed by atoms with E-state index in [2.05, 4.69) is 0 Å². The van der Waals surface area contributed by atoms with Crippen LogP contribution in [0.25, 0.3) is 0 Å². The first-order chi connectivity index (χ1) is 8.91. The molecule has 0 fully saturated rings. The van der Waals surface area contributed by atoms with Gasteiger partial charge in [0, 0.05) is 5.56 Å². The van der Waals surface area contributed by atoms with Gasteiger partial charge in [-0.1, -0.05) is 42.5 Å². The van der Waals surface area contributed by atoms with Crippen molar-refractivity contribution in [2.45, 2.75) is 12.2 Å². The van der Waals surface area contributed by atoms with E-state index in [0.29, 0.717) is 11.6 Å². The Kier molecular flexibility index (Phi) is 3.57. The summed E-state index contributed by atoms with van der Waals surface area (Å²) in [5.41, 5.74) is 4.92. The highest BCUT2D eigenvalue weighted by molar-refractivity contribution is 5.36. The topological polar surface area (TPSA) is 26.0 Å². The van der Waals surface area contributed by atoms with Crippen LogP contribution in [0.1, 0.15) is 22.7 Å². The van der Waals surface area contributed by atoms with Gasteiger partial charge in [-0.05, 0) is 11.6 Å². The molecule has 2 aromatic carbocycles. The normalized spacial score (nSPS) is 13.3. The lowest BCUT2D eigenvalue weighted by molar-refractivity contribution is -0.140. The maximum absolute atomic E-state index is 13.9. The smallest absolute Gasteiger partial charge is 0.320 e. The molecule has 0 unspecified atom stereocenters. The highest BCUT2D eigenvalue weighted by atomic mass is 19.4. The number of benzene rings is 2. The molecule has 2 rings (SSSR count). The Morgan fingerprint density at radius 2 is 1.53 bits per heavy atom. The minimum Gasteiger partial charge on any atom is -0.320 e. The number of nitrogens with two attached hydrogens (primary N) is 1. The van der Waals surface area contributed by atoms with Gasteiger partial charge in [-0.15, -0.1) is 0 Å². The van der Waals surface area contributed by atoms with E-state index in [1.807, 2.05) is 0 Å². The van der Waals surface area contributed by atoms with Gasteiger partial charge in [0.15, 0.2) is 0 Å². The summed E-state index contributed by atoms with van der Waals surface area (Å²) in [5, 5.41) is 0. The molecule has 0 aromatic heterocycles. The molecule has 0 amide bonds. The van der Waals surface area contributed by atoms with Crippen LogP contribution in [0.2, 0.25) is 0 Å². The predicted molar refractivity (Wildman–Crippen MR) is 63.9 cm³/mol. The molecule has 2 aromatic rings. The molecule has 0 aliphatic rings. The summed E-state index contributed by atoms with van der Waals surface area (Å²) in [5.74, 6) is -1.31. The SMILES string of the molecule is N[C@H](c1ccccc1)c1cccc(C(F)(F)F)c1F. The third kappa shape index (κ3) is 2.76. The molecular weight excluding hydrogens is 258 g/mol. The molecule has 100 valence electrons. The molecule has 2 N–H and O–H groups in total. The Morgan fingerprint density at radius 1 is 0.895 bits per heavy atom. The maximum Gasteiger partial charge on any atom is 0.419 e. The number of rotatable bonds is 2. The highest BCUT2D eigenvalue weighted by Crippen LogP contribution is 2.34. The van der Waals surface area contributed by atoms with Crippen molar-refractivity contribution in [3.05, 3.63) is 71.0 Å². The van der Waals surface area contributed by atoms with E-state index in [1.165, 1.54) is 6.07 Å². The lowest BCUT2D eigenvalue weighted by Gasteiger charge is -2.16. The molecule has 0 spiro atoms. The Bertz CT molecular complexity index is 563. The van der Waals surface area contributed by atoms with Crippen LogP contribution in [0, 0.1) is 5.82 Å². The van der Waals surface area contributed by atoms with Gasteiger partial charge < -0.3 is 5.73 Å². The van der Waals surface area contributed by atoms with Crippen molar-refractivity contribution in [2.75, 3.05) is 0 Å². The lowest BCUT2D eigenvalue weighted by atomic mass is 9.97. The van der Waals surface area contributed by atoms with E-state index >= 15 is 0 Å². The van der Waals surface area contributed by atoms with Gasteiger partial charge in [0.1, 0.15) is 5.82 Å². The first-order valence-corrected chi connectivity index (χ1v) is 5.57. The minimum atomic E-state index is -4.73. The van der Waals surface area contributed by atoms with Crippen molar-refractivity contribution < 1.29 is 17.6 Å². The highest BCUT2D eigenvalue weighted by Gasteiger charge is 2.35. The molecule has 0 saturated carbocycles. The fraction of sp³-hybridized carbons (Fsp3) is 0.143. The summed E-state index contributed by atoms with van der Waals surface area (Å²) in [6.45, 7) is 0. The average molecular weight is 269 g/mol. The molecule has 0 aliphatic carbocycles. The third-order valence-electron chi connectivity index (χ3n) is 2.83. The largest absolute Gasteiger partial charge is 0.419 e. The van der Waals surface area contributed by atoms with Crippen LogP contribution in [0.3, 0.4) is 0 Å². The van der Waals surface area contributed by atoms with Crippen molar-refractivity contribution in [3.63, 3.8) is 0 Å². The summed E-state index contributed by atoms with van der Waals surface area (Å²) >= 11 is 0. The second kappa shape index (κ2) is 5.01. The van der Waals surface area contributed by atoms with Crippen LogP contribution in [-0.4, -0.2) is 0 Å². The van der Waals surface area contributed by atoms with Crippen LogP contribution in [0.15, 0.2) is 48.5 Å². The molecule has 0 aliphatic heterocycles. The van der Waals surface area contributed by atoms with Crippen molar-refractivity contribution >= 4 is 0 Å². The Hall–Kier alpha value is -1.88. The average Bonchev–Trinajstić information content (AvgIpc) is 2.38. The van der Waals surface area contributed by atoms with Gasteiger partial charge in [-0.2, -0.15) is 13.2 Å². The predicted octanol–water partition coefficient (Wildman–Crippen LogP) is 3.89. The molecule has 0 saturated heterocycles. The van der Waals surface area contributed by atoms with E-state index in [1.54, 1.807) is 30.3 Å². The van der Waals surface area contributed by atoms with E-state index in [4.69, 9.17) is 5.73 Å². The molecular formula is C14H11F4N. The summed E-state index contributed by atoms with van der Waals surface area (Å²) < 4.78 is 51.7. The number of alkyl halides is 3. The molecule has 1 nitrogen and oxygen atoms in total. The van der Waals surface area contributed by atoms with Crippen molar-refractivity contribution in [1.29, 1.82) is 0 Å². The molecule has 0 radical (unpaired) electrons. The molecule has 0 bridgehead atoms. The van der Waals surface area contributed by atoms with E-state index < -0.39 is 23.6 Å². The number of halogens is 4. The van der Waals surface area contributed by atoms with Crippen molar-refractivity contribution in [1.82, 2.24) is 0 Å². The molecule has 5 heteroatoms. The summed E-state index contributed by atoms with van der Waals surface area (Å²) in [6.07, 6.45) is -4.73. The van der Waals surface area contributed by atoms with Crippen LogP contribution in [-0.2, 0) is 6.18 Å². The second-order valence-electron chi connectivity index (χ2n) is 4.09. The van der Waals surface area contributed by atoms with Crippen LogP contribution < -0.4 is 5.73 Å². The van der Waals surface area contributed by atoms with Gasteiger partial charge in [-0.25, -0.2) is 4.39 Å². The molecule has 0 heterocycles. The van der Waals surface area contributed by atoms with Gasteiger partial charge in [0.25, 0.3) is 0 Å². The summed E-state index contributed by atoms with van der Waals surface area (Å²) in [4.78, 5) is 0. The zero-order valence-corrected chi connectivity index (χ0v) is 9.79. The quantitative estimate of drug-likeness (QED) is 0.822. The van der Waals surface area contributed by atoms with E-state index in [0.717, 1.165) is 6.07 Å². The van der Waals surface area contributed by atoms with Crippen molar-refractivity contribution in [2.24, 2.45) is 5.73 Å². The minimum absolute atomic E-state index is 0.166. The van der Waals surface area contributed by atoms with Crippen molar-refractivity contribution in [3.8, 4) is 0 Å². The first-order valence-electron chi connectivity index (χ1n) is 5.57. The van der Waals surface area contributed by atoms with E-state index in [-0.39, 0.29) is 5.56 Å². The van der Waals surface area contributed by atoms with Gasteiger partial charge in [-0.3, -0.25) is 0 Å². The van der Waals surface area contributed by atoms with Crippen LogP contribution in [0.4, 0.5) is 17.6 Å². The Balaban J connectivity index is 2.47.